The number of carbonyl (C=O) groups excluding carboxylic acids is 1. The van der Waals surface area contributed by atoms with Crippen LogP contribution in [0.2, 0.25) is 0 Å². The summed E-state index contributed by atoms with van der Waals surface area (Å²) >= 11 is 0. The Kier molecular flexibility index (Phi) is 3.90. The number of halogens is 1. The Morgan fingerprint density at radius 3 is 2.68 bits per heavy atom. The Morgan fingerprint density at radius 2 is 2.00 bits per heavy atom. The van der Waals surface area contributed by atoms with Crippen molar-refractivity contribution in [3.05, 3.63) is 30.1 Å². The van der Waals surface area contributed by atoms with Crippen LogP contribution in [0.4, 0.5) is 10.1 Å². The van der Waals surface area contributed by atoms with Crippen molar-refractivity contribution in [1.29, 1.82) is 0 Å². The van der Waals surface area contributed by atoms with Gasteiger partial charge in [-0.25, -0.2) is 12.8 Å². The highest BCUT2D eigenvalue weighted by molar-refractivity contribution is 7.90. The molecule has 2 aliphatic heterocycles. The molecule has 1 spiro atoms. The first kappa shape index (κ1) is 16.9. The molecule has 0 N–H and O–H groups in total. The number of hydrogen-bond acceptors (Lipinski definition) is 4. The predicted molar refractivity (Wildman–Crippen MR) is 92.2 cm³/mol. The average molecular weight is 367 g/mol. The molecule has 2 heterocycles. The molecule has 25 heavy (non-hydrogen) atoms. The molecule has 0 unspecified atom stereocenters. The summed E-state index contributed by atoms with van der Waals surface area (Å²) in [6.45, 7) is 1.45. The third-order valence-corrected chi connectivity index (χ3v) is 8.00. The lowest BCUT2D eigenvalue weighted by Gasteiger charge is -2.46. The van der Waals surface area contributed by atoms with Crippen LogP contribution in [0.25, 0.3) is 0 Å². The van der Waals surface area contributed by atoms with E-state index in [0.29, 0.717) is 31.7 Å². The summed E-state index contributed by atoms with van der Waals surface area (Å²) in [4.78, 5) is 16.0. The van der Waals surface area contributed by atoms with Gasteiger partial charge in [0.2, 0.25) is 15.9 Å². The maximum atomic E-state index is 13.6. The Morgan fingerprint density at radius 1 is 1.24 bits per heavy atom. The maximum Gasteiger partial charge on any atom is 0.241 e. The van der Waals surface area contributed by atoms with Crippen LogP contribution in [0.3, 0.4) is 0 Å². The lowest BCUT2D eigenvalue weighted by molar-refractivity contribution is -0.123. The zero-order valence-corrected chi connectivity index (χ0v) is 15.0. The molecule has 1 atom stereocenters. The van der Waals surface area contributed by atoms with Gasteiger partial charge in [0, 0.05) is 25.3 Å². The van der Waals surface area contributed by atoms with Gasteiger partial charge in [0.15, 0.2) is 0 Å². The van der Waals surface area contributed by atoms with Gasteiger partial charge in [0.1, 0.15) is 5.82 Å². The molecule has 0 bridgehead atoms. The summed E-state index contributed by atoms with van der Waals surface area (Å²) in [6.07, 6.45) is 2.17. The molecule has 1 aromatic rings. The van der Waals surface area contributed by atoms with Gasteiger partial charge in [0.05, 0.1) is 17.3 Å². The monoisotopic (exact) mass is 367 g/mol. The number of rotatable bonds is 3. The number of likely N-dealkylation sites (N-methyl/N-ethyl adjacent to an activating group) is 1. The van der Waals surface area contributed by atoms with E-state index in [1.165, 1.54) is 12.1 Å². The fourth-order valence-corrected chi connectivity index (χ4v) is 5.81. The van der Waals surface area contributed by atoms with E-state index in [1.807, 2.05) is 11.9 Å². The Bertz CT molecular complexity index is 811. The molecule has 3 aliphatic rings. The fraction of sp³-hybridized carbons (Fsp3) is 0.588. The molecule has 0 radical (unpaired) electrons. The second-order valence-electron chi connectivity index (χ2n) is 7.37. The number of anilines is 1. The van der Waals surface area contributed by atoms with E-state index < -0.39 is 15.6 Å². The third kappa shape index (κ3) is 2.86. The normalized spacial score (nSPS) is 28.9. The number of benzene rings is 1. The highest BCUT2D eigenvalue weighted by Gasteiger charge is 2.52. The minimum absolute atomic E-state index is 0.0952. The number of piperazine rings is 1. The van der Waals surface area contributed by atoms with Gasteiger partial charge in [0.25, 0.3) is 0 Å². The van der Waals surface area contributed by atoms with Crippen molar-refractivity contribution in [2.75, 3.05) is 38.1 Å². The average Bonchev–Trinajstić information content (AvgIpc) is 3.33. The smallest absolute Gasteiger partial charge is 0.241 e. The van der Waals surface area contributed by atoms with Crippen LogP contribution in [0.1, 0.15) is 19.3 Å². The number of nitrogens with zero attached hydrogens (tertiary/aromatic N) is 3. The molecular formula is C17H22FN3O3S. The molecule has 1 saturated carbocycles. The Hall–Kier alpha value is -1.51. The molecule has 136 valence electrons. The molecule has 1 amide bonds. The summed E-state index contributed by atoms with van der Waals surface area (Å²) in [5, 5.41) is -0.225. The van der Waals surface area contributed by atoms with Gasteiger partial charge >= 0.3 is 0 Å². The summed E-state index contributed by atoms with van der Waals surface area (Å²) in [5.74, 6) is -0.482. The van der Waals surface area contributed by atoms with Gasteiger partial charge < -0.3 is 4.90 Å². The largest absolute Gasteiger partial charge is 0.309 e. The van der Waals surface area contributed by atoms with Crippen molar-refractivity contribution < 1.29 is 17.6 Å². The van der Waals surface area contributed by atoms with Gasteiger partial charge in [-0.1, -0.05) is 6.07 Å². The quantitative estimate of drug-likeness (QED) is 0.801. The minimum atomic E-state index is -3.22. The number of sulfonamides is 1. The van der Waals surface area contributed by atoms with E-state index in [1.54, 1.807) is 21.3 Å². The van der Waals surface area contributed by atoms with Gasteiger partial charge in [-0.15, -0.1) is 0 Å². The summed E-state index contributed by atoms with van der Waals surface area (Å²) < 4.78 is 40.3. The van der Waals surface area contributed by atoms with Crippen molar-refractivity contribution in [2.45, 2.75) is 30.1 Å². The lowest BCUT2D eigenvalue weighted by atomic mass is 9.92. The van der Waals surface area contributed by atoms with E-state index in [-0.39, 0.29) is 23.5 Å². The van der Waals surface area contributed by atoms with Gasteiger partial charge in [-0.3, -0.25) is 9.69 Å². The van der Waals surface area contributed by atoms with Crippen molar-refractivity contribution in [3.63, 3.8) is 0 Å². The van der Waals surface area contributed by atoms with Crippen LogP contribution < -0.4 is 4.90 Å². The third-order valence-electron chi connectivity index (χ3n) is 5.66. The molecule has 4 rings (SSSR count). The lowest BCUT2D eigenvalue weighted by Crippen LogP contribution is -2.64. The predicted octanol–water partition coefficient (Wildman–Crippen LogP) is 1.04. The van der Waals surface area contributed by atoms with Gasteiger partial charge in [-0.2, -0.15) is 4.31 Å². The first-order valence-corrected chi connectivity index (χ1v) is 10.1. The van der Waals surface area contributed by atoms with Crippen LogP contribution in [0.5, 0.6) is 0 Å². The zero-order valence-electron chi connectivity index (χ0n) is 14.2. The highest BCUT2D eigenvalue weighted by Crippen LogP contribution is 2.38. The SMILES string of the molecule is CN1CC(=O)N(c2cccc(F)c2)C[C@@]12CCN(S(=O)(=O)C1CC1)C2. The van der Waals surface area contributed by atoms with Crippen LogP contribution in [0.15, 0.2) is 24.3 Å². The highest BCUT2D eigenvalue weighted by atomic mass is 32.2. The fourth-order valence-electron chi connectivity index (χ4n) is 3.89. The van der Waals surface area contributed by atoms with Crippen molar-refractivity contribution in [3.8, 4) is 0 Å². The first-order valence-electron chi connectivity index (χ1n) is 8.58. The first-order chi connectivity index (χ1) is 11.8. The zero-order chi connectivity index (χ0) is 17.8. The molecule has 2 saturated heterocycles. The Balaban J connectivity index is 1.60. The van der Waals surface area contributed by atoms with Crippen molar-refractivity contribution in [2.24, 2.45) is 0 Å². The molecule has 3 fully saturated rings. The number of hydrogen-bond donors (Lipinski definition) is 0. The maximum absolute atomic E-state index is 13.6. The van der Waals surface area contributed by atoms with Crippen LogP contribution >= 0.6 is 0 Å². The van der Waals surface area contributed by atoms with Crippen LogP contribution in [-0.4, -0.2) is 67.5 Å². The second-order valence-corrected chi connectivity index (χ2v) is 9.58. The number of amides is 1. The number of carbonyl (C=O) groups is 1. The molecule has 8 heteroatoms. The van der Waals surface area contributed by atoms with Crippen molar-refractivity contribution in [1.82, 2.24) is 9.21 Å². The molecule has 0 aromatic heterocycles. The molecule has 1 aliphatic carbocycles. The van der Waals surface area contributed by atoms with Crippen LogP contribution in [-0.2, 0) is 14.8 Å². The van der Waals surface area contributed by atoms with Crippen LogP contribution in [0, 0.1) is 5.82 Å². The van der Waals surface area contributed by atoms with E-state index in [9.17, 15) is 17.6 Å². The summed E-state index contributed by atoms with van der Waals surface area (Å²) in [6, 6.07) is 6.00. The topological polar surface area (TPSA) is 60.9 Å². The van der Waals surface area contributed by atoms with E-state index in [4.69, 9.17) is 0 Å². The minimum Gasteiger partial charge on any atom is -0.309 e. The van der Waals surface area contributed by atoms with Gasteiger partial charge in [-0.05, 0) is 44.5 Å². The molecular weight excluding hydrogens is 345 g/mol. The van der Waals surface area contributed by atoms with Crippen molar-refractivity contribution >= 4 is 21.6 Å². The van der Waals surface area contributed by atoms with E-state index in [0.717, 1.165) is 12.8 Å². The second kappa shape index (κ2) is 5.75. The van der Waals surface area contributed by atoms with E-state index in [2.05, 4.69) is 0 Å². The van der Waals surface area contributed by atoms with E-state index >= 15 is 0 Å². The summed E-state index contributed by atoms with van der Waals surface area (Å²) in [7, 11) is -1.35. The Labute approximate surface area is 147 Å². The summed E-state index contributed by atoms with van der Waals surface area (Å²) in [5.41, 5.74) is 0.114. The standard InChI is InChI=1S/C17H22FN3O3S/c1-19-10-16(22)21(14-4-2-3-13(18)9-14)12-17(19)7-8-20(11-17)25(23,24)15-5-6-15/h2-4,9,15H,5-8,10-12H2,1H3/t17-/m0/s1. The molecule has 1 aromatic carbocycles. The molecule has 6 nitrogen and oxygen atoms in total.